The number of nitrogens with two attached hydrogens (primary N) is 1. The maximum absolute atomic E-state index is 5.36. The number of nitrogen functional groups attached to an aromatic ring is 1. The smallest absolute Gasteiger partial charge is 0.412 e. The molecule has 108 valence electrons. The average molecular weight is 333 g/mol. The molecule has 1 rings (SSSR count). The molecule has 7 nitrogen and oxygen atoms in total. The second kappa shape index (κ2) is 44.0. The van der Waals surface area contributed by atoms with E-state index in [1.165, 1.54) is 0 Å². The Kier molecular flexibility index (Phi) is 137. The quantitative estimate of drug-likeness (QED) is 0.403. The molecule has 14 N–H and O–H groups in total. The zero-order chi connectivity index (χ0) is 7.82. The molecular formula is C6H20Cl3MgNO6. The topological polar surface area (TPSA) is 215 Å². The molecule has 0 radical (unpaired) electrons. The molecule has 11 heteroatoms. The normalized spacial score (nSPS) is 4.12. The summed E-state index contributed by atoms with van der Waals surface area (Å²) < 4.78 is 0. The van der Waals surface area contributed by atoms with Crippen LogP contribution < -0.4 is 5.73 Å². The van der Waals surface area contributed by atoms with Crippen LogP contribution >= 0.6 is 30.6 Å². The third kappa shape index (κ3) is 48.2. The summed E-state index contributed by atoms with van der Waals surface area (Å²) in [4.78, 5) is 0. The van der Waals surface area contributed by atoms with Crippen LogP contribution in [0.5, 0.6) is 0 Å². The maximum atomic E-state index is 5.36. The van der Waals surface area contributed by atoms with Crippen LogP contribution in [0.2, 0.25) is 0 Å². The van der Waals surface area contributed by atoms with E-state index in [1.54, 1.807) is 0 Å². The SMILES string of the molecule is Cl.Nc1ccccc1.O.O.O.O.O.O.[Cl][Mg][Cl]. The second-order valence-corrected chi connectivity index (χ2v) is 4.14. The van der Waals surface area contributed by atoms with E-state index >= 15 is 0 Å². The largest absolute Gasteiger partial charge is 0.618 e. The van der Waals surface area contributed by atoms with E-state index in [0.717, 1.165) is 5.69 Å². The van der Waals surface area contributed by atoms with Gasteiger partial charge in [0, 0.05) is 5.69 Å². The molecule has 0 aliphatic carbocycles. The Hall–Kier alpha value is 0.416. The van der Waals surface area contributed by atoms with Crippen molar-refractivity contribution in [3.8, 4) is 0 Å². The zero-order valence-electron chi connectivity index (χ0n) is 8.84. The van der Waals surface area contributed by atoms with Gasteiger partial charge in [-0.25, -0.2) is 0 Å². The highest BCUT2D eigenvalue weighted by Gasteiger charge is 1.72. The highest BCUT2D eigenvalue weighted by molar-refractivity contribution is 7.22. The van der Waals surface area contributed by atoms with Crippen LogP contribution in [0.1, 0.15) is 0 Å². The van der Waals surface area contributed by atoms with Crippen LogP contribution in [-0.2, 0) is 0 Å². The first kappa shape index (κ1) is 52.9. The van der Waals surface area contributed by atoms with Crippen LogP contribution in [0.4, 0.5) is 5.69 Å². The third-order valence-corrected chi connectivity index (χ3v) is 0.800. The molecule has 0 amide bonds. The van der Waals surface area contributed by atoms with Crippen LogP contribution in [0.3, 0.4) is 0 Å². The first-order valence-electron chi connectivity index (χ1n) is 2.73. The summed E-state index contributed by atoms with van der Waals surface area (Å²) in [5, 5.41) is 0. The first-order valence-corrected chi connectivity index (χ1v) is 7.01. The van der Waals surface area contributed by atoms with Gasteiger partial charge in [-0.15, -0.1) is 12.4 Å². The molecule has 0 unspecified atom stereocenters. The van der Waals surface area contributed by atoms with Crippen LogP contribution in [0, 0.1) is 0 Å². The van der Waals surface area contributed by atoms with E-state index < -0.39 is 18.2 Å². The summed E-state index contributed by atoms with van der Waals surface area (Å²) in [6, 6.07) is 9.49. The molecule has 0 bridgehead atoms. The monoisotopic (exact) mass is 331 g/mol. The Balaban J connectivity index is -0.0000000126. The molecule has 0 aliphatic heterocycles. The first-order chi connectivity index (χ1) is 4.81. The van der Waals surface area contributed by atoms with Gasteiger partial charge in [0.1, 0.15) is 0 Å². The molecule has 0 spiro atoms. The minimum Gasteiger partial charge on any atom is -0.412 e. The predicted molar refractivity (Wildman–Crippen MR) is 77.2 cm³/mol. The van der Waals surface area contributed by atoms with E-state index in [0.29, 0.717) is 0 Å². The van der Waals surface area contributed by atoms with Crippen molar-refractivity contribution in [2.24, 2.45) is 0 Å². The highest BCUT2D eigenvalue weighted by atomic mass is 35.6. The summed E-state index contributed by atoms with van der Waals surface area (Å²) in [6.07, 6.45) is 0. The molecule has 0 heterocycles. The van der Waals surface area contributed by atoms with Gasteiger partial charge in [0.2, 0.25) is 0 Å². The van der Waals surface area contributed by atoms with Gasteiger partial charge in [-0.05, 0) is 12.1 Å². The minimum absolute atomic E-state index is 0. The average Bonchev–Trinajstić information content (AvgIpc) is 1.91. The Morgan fingerprint density at radius 2 is 1.00 bits per heavy atom. The van der Waals surface area contributed by atoms with Gasteiger partial charge in [-0.1, -0.05) is 18.2 Å². The number of para-hydroxylation sites is 1. The molecular weight excluding hydrogens is 313 g/mol. The van der Waals surface area contributed by atoms with Gasteiger partial charge >= 0.3 is 18.2 Å². The molecule has 1 aromatic carbocycles. The molecule has 0 atom stereocenters. The molecule has 0 saturated carbocycles. The van der Waals surface area contributed by atoms with Gasteiger partial charge in [-0.3, -0.25) is 0 Å². The Labute approximate surface area is 123 Å². The summed E-state index contributed by atoms with van der Waals surface area (Å²) in [7, 11) is 9.81. The minimum atomic E-state index is -0.639. The van der Waals surface area contributed by atoms with Crippen molar-refractivity contribution in [3.63, 3.8) is 0 Å². The Morgan fingerprint density at radius 3 is 1.12 bits per heavy atom. The van der Waals surface area contributed by atoms with Crippen LogP contribution in [-0.4, -0.2) is 51.0 Å². The molecule has 0 saturated heterocycles. The van der Waals surface area contributed by atoms with E-state index in [9.17, 15) is 0 Å². The van der Waals surface area contributed by atoms with Crippen molar-refractivity contribution in [2.75, 3.05) is 5.73 Å². The highest BCUT2D eigenvalue weighted by Crippen LogP contribution is 1.95. The fourth-order valence-corrected chi connectivity index (χ4v) is 0.453. The third-order valence-electron chi connectivity index (χ3n) is 0.800. The molecule has 1 aromatic rings. The van der Waals surface area contributed by atoms with Crippen molar-refractivity contribution in [1.29, 1.82) is 0 Å². The van der Waals surface area contributed by atoms with Crippen molar-refractivity contribution in [2.45, 2.75) is 0 Å². The van der Waals surface area contributed by atoms with E-state index in [2.05, 4.69) is 0 Å². The summed E-state index contributed by atoms with van der Waals surface area (Å²) in [6.45, 7) is 0. The lowest BCUT2D eigenvalue weighted by atomic mass is 10.3. The number of rotatable bonds is 0. The summed E-state index contributed by atoms with van der Waals surface area (Å²) >= 11 is -0.639. The number of hydrogen-bond acceptors (Lipinski definition) is 1. The van der Waals surface area contributed by atoms with Gasteiger partial charge in [0.15, 0.2) is 0 Å². The maximum Gasteiger partial charge on any atom is 0.618 e. The molecule has 0 fully saturated rings. The lowest BCUT2D eigenvalue weighted by molar-refractivity contribution is 0.823. The second-order valence-electron chi connectivity index (χ2n) is 1.51. The van der Waals surface area contributed by atoms with E-state index in [-0.39, 0.29) is 45.3 Å². The van der Waals surface area contributed by atoms with Gasteiger partial charge in [0.05, 0.1) is 0 Å². The summed E-state index contributed by atoms with van der Waals surface area (Å²) in [5.41, 5.74) is 6.18. The van der Waals surface area contributed by atoms with E-state index in [4.69, 9.17) is 23.9 Å². The lowest BCUT2D eigenvalue weighted by Crippen LogP contribution is -1.79. The van der Waals surface area contributed by atoms with E-state index in [1.807, 2.05) is 30.3 Å². The van der Waals surface area contributed by atoms with Crippen LogP contribution in [0.15, 0.2) is 30.3 Å². The number of hydrogen-bond donors (Lipinski definition) is 1. The number of anilines is 1. The lowest BCUT2D eigenvalue weighted by Gasteiger charge is -1.83. The van der Waals surface area contributed by atoms with Crippen LogP contribution in [0.25, 0.3) is 0 Å². The molecule has 17 heavy (non-hydrogen) atoms. The van der Waals surface area contributed by atoms with Crippen molar-refractivity contribution in [3.05, 3.63) is 30.3 Å². The summed E-state index contributed by atoms with van der Waals surface area (Å²) in [5.74, 6) is 0. The Bertz CT molecular complexity index is 175. The number of halogens is 3. The van der Waals surface area contributed by atoms with Crippen molar-refractivity contribution >= 4 is 54.4 Å². The van der Waals surface area contributed by atoms with Gasteiger partial charge < -0.3 is 56.7 Å². The zero-order valence-corrected chi connectivity index (χ0v) is 12.6. The number of benzene rings is 1. The van der Waals surface area contributed by atoms with Crippen molar-refractivity contribution in [1.82, 2.24) is 0 Å². The standard InChI is InChI=1S/C6H7N.3ClH.Mg.6H2O/c7-6-4-2-1-3-5-6;;;;;;;;;;/h1-5H,7H2;3*1H;;6*1H2/q;;;;+2;;;;;;/p-2. The fourth-order valence-electron chi connectivity index (χ4n) is 0.453. The predicted octanol–water partition coefficient (Wildman–Crippen LogP) is -2.26. The molecule has 0 aliphatic rings. The van der Waals surface area contributed by atoms with Gasteiger partial charge in [0.25, 0.3) is 0 Å². The van der Waals surface area contributed by atoms with Gasteiger partial charge in [-0.2, -0.15) is 0 Å². The molecule has 0 aromatic heterocycles. The fraction of sp³-hybridized carbons (Fsp3) is 0. The van der Waals surface area contributed by atoms with Crippen molar-refractivity contribution < 1.29 is 32.9 Å². The Morgan fingerprint density at radius 1 is 0.765 bits per heavy atom.